The molecule has 0 radical (unpaired) electrons. The van der Waals surface area contributed by atoms with Gasteiger partial charge in [0.15, 0.2) is 6.10 Å². The number of aliphatic hydroxyl groups is 2. The van der Waals surface area contributed by atoms with Crippen molar-refractivity contribution in [2.45, 2.75) is 167 Å². The van der Waals surface area contributed by atoms with E-state index >= 15 is 0 Å². The Morgan fingerprint density at radius 1 is 0.564 bits per heavy atom. The average molecular weight is 795 g/mol. The number of carbonyl (C=O) groups excluding carboxylic acids is 2. The van der Waals surface area contributed by atoms with Gasteiger partial charge in [-0.3, -0.25) is 18.6 Å². The molecule has 0 fully saturated rings. The molecule has 0 saturated heterocycles. The SMILES string of the molecule is CCC=CCC=CCC=CCC=CCC=CCC=CCCC(=O)OC(COC(=O)CCCCCCCCCCCCCCC)COP(=O)(O)OCC(O)CO. The molecular formula is C44H75O10P. The highest BCUT2D eigenvalue weighted by atomic mass is 31.2. The van der Waals surface area contributed by atoms with E-state index in [1.807, 2.05) is 12.2 Å². The van der Waals surface area contributed by atoms with E-state index in [4.69, 9.17) is 19.1 Å². The van der Waals surface area contributed by atoms with Gasteiger partial charge in [-0.25, -0.2) is 4.57 Å². The first kappa shape index (κ1) is 52.4. The van der Waals surface area contributed by atoms with Crippen molar-refractivity contribution in [1.29, 1.82) is 0 Å². The Kier molecular flexibility index (Phi) is 37.8. The van der Waals surface area contributed by atoms with Crippen molar-refractivity contribution in [3.8, 4) is 0 Å². The smallest absolute Gasteiger partial charge is 0.462 e. The lowest BCUT2D eigenvalue weighted by Gasteiger charge is -2.20. The zero-order chi connectivity index (χ0) is 40.5. The molecule has 55 heavy (non-hydrogen) atoms. The molecule has 0 aromatic carbocycles. The van der Waals surface area contributed by atoms with Crippen molar-refractivity contribution < 1.29 is 47.8 Å². The molecule has 0 aliphatic rings. The molecule has 3 N–H and O–H groups in total. The van der Waals surface area contributed by atoms with Crippen molar-refractivity contribution in [3.05, 3.63) is 72.9 Å². The zero-order valence-corrected chi connectivity index (χ0v) is 35.0. The van der Waals surface area contributed by atoms with Crippen molar-refractivity contribution in [2.75, 3.05) is 26.4 Å². The monoisotopic (exact) mass is 795 g/mol. The van der Waals surface area contributed by atoms with E-state index in [9.17, 15) is 24.2 Å². The first-order valence-corrected chi connectivity index (χ1v) is 22.4. The quantitative estimate of drug-likeness (QED) is 0.0239. The predicted molar refractivity (Wildman–Crippen MR) is 223 cm³/mol. The molecule has 0 aromatic rings. The summed E-state index contributed by atoms with van der Waals surface area (Å²) < 4.78 is 32.6. The fourth-order valence-electron chi connectivity index (χ4n) is 5.19. The maximum atomic E-state index is 12.6. The molecule has 11 heteroatoms. The van der Waals surface area contributed by atoms with Crippen molar-refractivity contribution in [1.82, 2.24) is 0 Å². The maximum absolute atomic E-state index is 12.6. The number of unbranched alkanes of at least 4 members (excludes halogenated alkanes) is 12. The van der Waals surface area contributed by atoms with Gasteiger partial charge in [0.2, 0.25) is 0 Å². The number of rotatable bonds is 38. The molecule has 0 aliphatic carbocycles. The third kappa shape index (κ3) is 39.4. The van der Waals surface area contributed by atoms with E-state index in [1.54, 1.807) is 0 Å². The van der Waals surface area contributed by atoms with Crippen molar-refractivity contribution >= 4 is 19.8 Å². The molecule has 0 bridgehead atoms. The van der Waals surface area contributed by atoms with E-state index in [2.05, 4.69) is 79.1 Å². The number of hydrogen-bond donors (Lipinski definition) is 3. The van der Waals surface area contributed by atoms with Crippen molar-refractivity contribution in [3.63, 3.8) is 0 Å². The molecule has 3 unspecified atom stereocenters. The third-order valence-electron chi connectivity index (χ3n) is 8.39. The second-order valence-corrected chi connectivity index (χ2v) is 15.1. The Labute approximate surface area is 333 Å². The van der Waals surface area contributed by atoms with Gasteiger partial charge in [0.25, 0.3) is 0 Å². The average Bonchev–Trinajstić information content (AvgIpc) is 3.17. The van der Waals surface area contributed by atoms with Crippen LogP contribution in [0.15, 0.2) is 72.9 Å². The summed E-state index contributed by atoms with van der Waals surface area (Å²) in [6, 6.07) is 0. The minimum Gasteiger partial charge on any atom is -0.462 e. The normalized spacial score (nSPS) is 14.6. The van der Waals surface area contributed by atoms with E-state index in [-0.39, 0.29) is 19.4 Å². The number of esters is 2. The Hall–Kier alpha value is -2.59. The second-order valence-electron chi connectivity index (χ2n) is 13.6. The van der Waals surface area contributed by atoms with Crippen molar-refractivity contribution in [2.24, 2.45) is 0 Å². The van der Waals surface area contributed by atoms with E-state index in [0.29, 0.717) is 12.8 Å². The molecule has 0 spiro atoms. The number of hydrogen-bond acceptors (Lipinski definition) is 9. The van der Waals surface area contributed by atoms with Gasteiger partial charge >= 0.3 is 19.8 Å². The fraction of sp³-hybridized carbons (Fsp3) is 0.682. The van der Waals surface area contributed by atoms with Gasteiger partial charge in [-0.1, -0.05) is 164 Å². The Bertz CT molecular complexity index is 1140. The summed E-state index contributed by atoms with van der Waals surface area (Å²) >= 11 is 0. The molecule has 316 valence electrons. The maximum Gasteiger partial charge on any atom is 0.472 e. The Morgan fingerprint density at radius 2 is 1.00 bits per heavy atom. The van der Waals surface area contributed by atoms with Gasteiger partial charge in [-0.2, -0.15) is 0 Å². The van der Waals surface area contributed by atoms with Crippen LogP contribution in [0.25, 0.3) is 0 Å². The van der Waals surface area contributed by atoms with Gasteiger partial charge in [-0.05, 0) is 51.4 Å². The van der Waals surface area contributed by atoms with Crippen LogP contribution >= 0.6 is 7.82 Å². The van der Waals surface area contributed by atoms with Gasteiger partial charge < -0.3 is 24.6 Å². The van der Waals surface area contributed by atoms with E-state index in [0.717, 1.165) is 57.8 Å². The lowest BCUT2D eigenvalue weighted by molar-refractivity contribution is -0.161. The summed E-state index contributed by atoms with van der Waals surface area (Å²) in [5, 5.41) is 18.3. The van der Waals surface area contributed by atoms with Crippen LogP contribution in [0.3, 0.4) is 0 Å². The largest absolute Gasteiger partial charge is 0.472 e. The predicted octanol–water partition coefficient (Wildman–Crippen LogP) is 10.9. The Morgan fingerprint density at radius 3 is 1.47 bits per heavy atom. The number of ether oxygens (including phenoxy) is 2. The van der Waals surface area contributed by atoms with Crippen LogP contribution in [-0.4, -0.2) is 65.7 Å². The minimum atomic E-state index is -4.64. The van der Waals surface area contributed by atoms with Crippen LogP contribution in [0.4, 0.5) is 0 Å². The highest BCUT2D eigenvalue weighted by Crippen LogP contribution is 2.43. The van der Waals surface area contributed by atoms with E-state index < -0.39 is 51.8 Å². The molecular weight excluding hydrogens is 719 g/mol. The summed E-state index contributed by atoms with van der Waals surface area (Å²) in [7, 11) is -4.64. The van der Waals surface area contributed by atoms with Gasteiger partial charge in [0, 0.05) is 12.8 Å². The van der Waals surface area contributed by atoms with Gasteiger partial charge in [-0.15, -0.1) is 0 Å². The number of carbonyl (C=O) groups is 2. The minimum absolute atomic E-state index is 0.0571. The summed E-state index contributed by atoms with van der Waals surface area (Å²) in [4.78, 5) is 34.9. The number of phosphoric acid groups is 1. The third-order valence-corrected chi connectivity index (χ3v) is 9.34. The molecule has 0 rings (SSSR count). The molecule has 0 amide bonds. The molecule has 0 heterocycles. The van der Waals surface area contributed by atoms with Gasteiger partial charge in [0.1, 0.15) is 12.7 Å². The first-order valence-electron chi connectivity index (χ1n) is 20.9. The molecule has 0 saturated carbocycles. The summed E-state index contributed by atoms with van der Waals surface area (Å²) in [5.41, 5.74) is 0. The number of allylic oxidation sites excluding steroid dienone is 12. The standard InChI is InChI=1S/C44H75O10P/c1-3-5-7-9-11-13-15-17-18-19-20-21-22-24-26-28-30-32-34-36-44(48)54-42(40-53-55(49,50)52-38-41(46)37-45)39-51-43(47)35-33-31-29-27-25-23-16-14-12-10-8-6-4-2/h5,7,11,13,17-18,20-21,24,26,30,32,41-42,45-46H,3-4,6,8-10,12,14-16,19,22-23,25,27-29,31,33-40H2,1-2H3,(H,49,50). The summed E-state index contributed by atoms with van der Waals surface area (Å²) in [5.74, 6) is -1.03. The topological polar surface area (TPSA) is 149 Å². The summed E-state index contributed by atoms with van der Waals surface area (Å²) in [6.45, 7) is 2.16. The molecule has 3 atom stereocenters. The molecule has 0 aromatic heterocycles. The lowest BCUT2D eigenvalue weighted by atomic mass is 10.0. The molecule has 0 aliphatic heterocycles. The van der Waals surface area contributed by atoms with E-state index in [1.165, 1.54) is 57.8 Å². The highest BCUT2D eigenvalue weighted by Gasteiger charge is 2.27. The van der Waals surface area contributed by atoms with Crippen LogP contribution in [0.5, 0.6) is 0 Å². The number of phosphoric ester groups is 1. The Balaban J connectivity index is 4.46. The second kappa shape index (κ2) is 39.6. The highest BCUT2D eigenvalue weighted by molar-refractivity contribution is 7.47. The van der Waals surface area contributed by atoms with Crippen LogP contribution in [-0.2, 0) is 32.7 Å². The van der Waals surface area contributed by atoms with Crippen LogP contribution in [0.1, 0.15) is 155 Å². The van der Waals surface area contributed by atoms with Crippen LogP contribution in [0, 0.1) is 0 Å². The first-order chi connectivity index (χ1) is 26.7. The molecule has 10 nitrogen and oxygen atoms in total. The zero-order valence-electron chi connectivity index (χ0n) is 34.1. The number of aliphatic hydroxyl groups excluding tert-OH is 2. The van der Waals surface area contributed by atoms with Crippen LogP contribution < -0.4 is 0 Å². The fourth-order valence-corrected chi connectivity index (χ4v) is 5.98. The van der Waals surface area contributed by atoms with Gasteiger partial charge in [0.05, 0.1) is 19.8 Å². The summed E-state index contributed by atoms with van der Waals surface area (Å²) in [6.07, 6.45) is 44.5. The van der Waals surface area contributed by atoms with Crippen LogP contribution in [0.2, 0.25) is 0 Å². The lowest BCUT2D eigenvalue weighted by Crippen LogP contribution is -2.29.